The van der Waals surface area contributed by atoms with Gasteiger partial charge in [-0.15, -0.1) is 0 Å². The molecule has 1 aliphatic heterocycles. The molecular weight excluding hydrogens is 413 g/mol. The minimum Gasteiger partial charge on any atom is -0.377 e. The van der Waals surface area contributed by atoms with Gasteiger partial charge in [-0.1, -0.05) is 11.6 Å². The van der Waals surface area contributed by atoms with Crippen LogP contribution in [0.2, 0.25) is 5.02 Å². The smallest absolute Gasteiger partial charge is 0.377 e. The molecule has 0 saturated carbocycles. The molecule has 160 valence electrons. The molecule has 2 aromatic rings. The Bertz CT molecular complexity index is 829. The van der Waals surface area contributed by atoms with Crippen LogP contribution in [0.4, 0.5) is 13.2 Å². The van der Waals surface area contributed by atoms with Crippen LogP contribution < -0.4 is 11.2 Å². The summed E-state index contributed by atoms with van der Waals surface area (Å²) in [6.45, 7) is 2.32. The topological polar surface area (TPSA) is 83.6 Å². The Labute approximate surface area is 170 Å². The lowest BCUT2D eigenvalue weighted by atomic mass is 10.1. The van der Waals surface area contributed by atoms with Crippen molar-refractivity contribution in [3.63, 3.8) is 0 Å². The van der Waals surface area contributed by atoms with Gasteiger partial charge in [-0.2, -0.15) is 23.8 Å². The zero-order valence-corrected chi connectivity index (χ0v) is 16.6. The van der Waals surface area contributed by atoms with E-state index in [2.05, 4.69) is 10.6 Å². The average molecular weight is 435 g/mol. The third-order valence-corrected chi connectivity index (χ3v) is 4.96. The van der Waals surface area contributed by atoms with Crippen molar-refractivity contribution in [3.8, 4) is 5.69 Å². The summed E-state index contributed by atoms with van der Waals surface area (Å²) in [4.78, 5) is 5.29. The lowest BCUT2D eigenvalue weighted by molar-refractivity contribution is -0.137. The monoisotopic (exact) mass is 434 g/mol. The highest BCUT2D eigenvalue weighted by atomic mass is 35.5. The van der Waals surface area contributed by atoms with Gasteiger partial charge in [0.2, 0.25) is 0 Å². The summed E-state index contributed by atoms with van der Waals surface area (Å²) >= 11 is 5.98. The van der Waals surface area contributed by atoms with Gasteiger partial charge in [-0.05, 0) is 31.2 Å². The zero-order chi connectivity index (χ0) is 21.2. The van der Waals surface area contributed by atoms with E-state index in [-0.39, 0.29) is 29.5 Å². The number of nitrogens with one attached hydrogen (secondary N) is 1. The van der Waals surface area contributed by atoms with Crippen LogP contribution in [0.3, 0.4) is 0 Å². The summed E-state index contributed by atoms with van der Waals surface area (Å²) in [5.74, 6) is 0. The number of benzene rings is 1. The van der Waals surface area contributed by atoms with E-state index in [9.17, 15) is 13.2 Å². The number of nitrogens with two attached hydrogens (primary N) is 1. The maximum absolute atomic E-state index is 13.6. The van der Waals surface area contributed by atoms with Gasteiger partial charge in [0.25, 0.3) is 0 Å². The second kappa shape index (κ2) is 8.99. The number of halogens is 4. The molecule has 0 amide bonds. The number of methoxy groups -OCH3 is 1. The van der Waals surface area contributed by atoms with E-state index in [1.165, 1.54) is 25.4 Å². The van der Waals surface area contributed by atoms with Crippen LogP contribution in [0.1, 0.15) is 24.3 Å². The first-order valence-corrected chi connectivity index (χ1v) is 9.32. The van der Waals surface area contributed by atoms with Crippen molar-refractivity contribution in [3.05, 3.63) is 46.7 Å². The van der Waals surface area contributed by atoms with Gasteiger partial charge in [-0.3, -0.25) is 4.84 Å². The zero-order valence-electron chi connectivity index (χ0n) is 15.8. The molecule has 0 radical (unpaired) electrons. The Balaban J connectivity index is 2.07. The molecule has 1 aromatic heterocycles. The Morgan fingerprint density at radius 2 is 2.17 bits per heavy atom. The number of hydrogen-bond acceptors (Lipinski definition) is 6. The summed E-state index contributed by atoms with van der Waals surface area (Å²) in [6.07, 6.45) is -5.22. The first-order chi connectivity index (χ1) is 13.8. The van der Waals surface area contributed by atoms with E-state index in [1.807, 2.05) is 6.92 Å². The van der Waals surface area contributed by atoms with Gasteiger partial charge in [0.1, 0.15) is 24.4 Å². The molecule has 3 rings (SSSR count). The number of hydroxylamine groups is 1. The molecule has 0 aliphatic carbocycles. The third kappa shape index (κ3) is 4.73. The Kier molecular flexibility index (Phi) is 6.82. The van der Waals surface area contributed by atoms with E-state index in [1.54, 1.807) is 6.07 Å². The first kappa shape index (κ1) is 22.0. The van der Waals surface area contributed by atoms with Crippen LogP contribution in [-0.2, 0) is 20.5 Å². The summed E-state index contributed by atoms with van der Waals surface area (Å²) in [7, 11) is 1.46. The highest BCUT2D eigenvalue weighted by molar-refractivity contribution is 6.30. The summed E-state index contributed by atoms with van der Waals surface area (Å²) in [5.41, 5.74) is 7.85. The largest absolute Gasteiger partial charge is 0.418 e. The van der Waals surface area contributed by atoms with Crippen LogP contribution in [0.15, 0.2) is 30.5 Å². The van der Waals surface area contributed by atoms with E-state index >= 15 is 0 Å². The van der Waals surface area contributed by atoms with Crippen LogP contribution >= 0.6 is 11.6 Å². The Morgan fingerprint density at radius 3 is 2.76 bits per heavy atom. The summed E-state index contributed by atoms with van der Waals surface area (Å²) in [6, 6.07) is 4.89. The van der Waals surface area contributed by atoms with Gasteiger partial charge < -0.3 is 15.2 Å². The van der Waals surface area contributed by atoms with E-state index in [4.69, 9.17) is 31.6 Å². The molecule has 2 heterocycles. The molecule has 1 saturated heterocycles. The van der Waals surface area contributed by atoms with Crippen molar-refractivity contribution in [2.45, 2.75) is 37.5 Å². The molecule has 7 nitrogen and oxygen atoms in total. The highest BCUT2D eigenvalue weighted by Crippen LogP contribution is 2.37. The van der Waals surface area contributed by atoms with Crippen LogP contribution in [0.25, 0.3) is 5.69 Å². The quantitative estimate of drug-likeness (QED) is 0.697. The Hall–Kier alpha value is -1.69. The predicted octanol–water partition coefficient (Wildman–Crippen LogP) is 2.87. The number of rotatable bonds is 7. The van der Waals surface area contributed by atoms with Crippen LogP contribution in [0, 0.1) is 0 Å². The minimum absolute atomic E-state index is 0.0867. The second-order valence-corrected chi connectivity index (χ2v) is 7.04. The molecule has 0 bridgehead atoms. The number of hydrogen-bond donors (Lipinski definition) is 2. The maximum Gasteiger partial charge on any atom is 0.418 e. The van der Waals surface area contributed by atoms with Crippen molar-refractivity contribution in [2.75, 3.05) is 20.2 Å². The standard InChI is InChI=1S/C18H22ClF3N4O3/c1-10-16(9-25-29-10)28-17(15(8-23)27-2)13-5-6-24-26(13)14-7-11(19)3-4-12(14)18(20,21)22/h3-7,10,15-17,25H,8-9,23H2,1-2H3/t10?,15-,16?,17?/m0/s1. The van der Waals surface area contributed by atoms with Crippen molar-refractivity contribution >= 4 is 11.6 Å². The molecule has 1 aliphatic rings. The molecule has 4 atom stereocenters. The molecular formula is C18H22ClF3N4O3. The number of ether oxygens (including phenoxy) is 2. The third-order valence-electron chi connectivity index (χ3n) is 4.73. The van der Waals surface area contributed by atoms with Gasteiger partial charge in [0.05, 0.1) is 16.9 Å². The minimum atomic E-state index is -4.59. The first-order valence-electron chi connectivity index (χ1n) is 8.94. The van der Waals surface area contributed by atoms with Crippen molar-refractivity contribution in [1.29, 1.82) is 0 Å². The SMILES string of the molecule is CO[C@@H](CN)C(OC1CNOC1C)c1ccnn1-c1cc(Cl)ccc1C(F)(F)F. The van der Waals surface area contributed by atoms with Crippen molar-refractivity contribution in [2.24, 2.45) is 5.73 Å². The van der Waals surface area contributed by atoms with Gasteiger partial charge in [0, 0.05) is 31.4 Å². The molecule has 3 unspecified atom stereocenters. The van der Waals surface area contributed by atoms with E-state index in [0.717, 1.165) is 10.7 Å². The maximum atomic E-state index is 13.6. The number of alkyl halides is 3. The fourth-order valence-corrected chi connectivity index (χ4v) is 3.36. The van der Waals surface area contributed by atoms with Gasteiger partial charge in [-0.25, -0.2) is 4.68 Å². The molecule has 29 heavy (non-hydrogen) atoms. The van der Waals surface area contributed by atoms with Crippen molar-refractivity contribution < 1.29 is 27.5 Å². The van der Waals surface area contributed by atoms with Crippen LogP contribution in [0.5, 0.6) is 0 Å². The molecule has 3 N–H and O–H groups in total. The highest BCUT2D eigenvalue weighted by Gasteiger charge is 2.37. The average Bonchev–Trinajstić information content (AvgIpc) is 3.30. The number of nitrogens with zero attached hydrogens (tertiary/aromatic N) is 2. The van der Waals surface area contributed by atoms with E-state index in [0.29, 0.717) is 12.2 Å². The predicted molar refractivity (Wildman–Crippen MR) is 99.6 cm³/mol. The molecule has 1 fully saturated rings. The fourth-order valence-electron chi connectivity index (χ4n) is 3.19. The Morgan fingerprint density at radius 1 is 1.41 bits per heavy atom. The normalized spacial score (nSPS) is 22.0. The van der Waals surface area contributed by atoms with Gasteiger partial charge in [0.15, 0.2) is 0 Å². The number of aromatic nitrogens is 2. The summed E-state index contributed by atoms with van der Waals surface area (Å²) < 4.78 is 53.5. The summed E-state index contributed by atoms with van der Waals surface area (Å²) in [5, 5.41) is 4.25. The lowest BCUT2D eigenvalue weighted by Crippen LogP contribution is -2.37. The molecule has 1 aromatic carbocycles. The lowest BCUT2D eigenvalue weighted by Gasteiger charge is -2.29. The molecule has 0 spiro atoms. The van der Waals surface area contributed by atoms with Crippen LogP contribution in [-0.4, -0.2) is 48.3 Å². The second-order valence-electron chi connectivity index (χ2n) is 6.60. The molecule has 11 heteroatoms. The van der Waals surface area contributed by atoms with Crippen molar-refractivity contribution in [1.82, 2.24) is 15.3 Å². The van der Waals surface area contributed by atoms with E-state index < -0.39 is 23.9 Å². The fraction of sp³-hybridized carbons (Fsp3) is 0.500. The van der Waals surface area contributed by atoms with Gasteiger partial charge >= 0.3 is 6.18 Å².